The van der Waals surface area contributed by atoms with E-state index in [-0.39, 0.29) is 31.8 Å². The number of halogens is 4. The van der Waals surface area contributed by atoms with Gasteiger partial charge in [0.15, 0.2) is 10.9 Å². The van der Waals surface area contributed by atoms with Crippen LogP contribution >= 0.6 is 46.4 Å². The molecule has 5 N–H and O–H groups in total. The first-order valence-electron chi connectivity index (χ1n) is 5.20. The fourth-order valence-electron chi connectivity index (χ4n) is 1.02. The molecular weight excluding hydrogens is 381 g/mol. The molecule has 0 saturated heterocycles. The van der Waals surface area contributed by atoms with E-state index in [1.54, 1.807) is 0 Å². The van der Waals surface area contributed by atoms with Gasteiger partial charge in [-0.3, -0.25) is 10.5 Å². The van der Waals surface area contributed by atoms with E-state index < -0.39 is 7.12 Å². The average molecular weight is 390 g/mol. The predicted molar refractivity (Wildman–Crippen MR) is 85.3 cm³/mol. The molecule has 0 aliphatic heterocycles. The molecule has 0 radical (unpaired) electrons. The Morgan fingerprint density at radius 1 is 0.773 bits per heavy atom. The summed E-state index contributed by atoms with van der Waals surface area (Å²) in [5.74, 6) is -0.0546. The molecule has 0 saturated carbocycles. The van der Waals surface area contributed by atoms with E-state index in [1.165, 1.54) is 24.3 Å². The molecule has 120 valence electrons. The first-order chi connectivity index (χ1) is 10.3. The van der Waals surface area contributed by atoms with E-state index in [2.05, 4.69) is 9.97 Å². The molecule has 2 rings (SSSR count). The van der Waals surface area contributed by atoms with Crippen molar-refractivity contribution in [3.05, 3.63) is 44.9 Å². The van der Waals surface area contributed by atoms with Crippen LogP contribution in [0.15, 0.2) is 24.3 Å². The first-order valence-corrected chi connectivity index (χ1v) is 6.71. The van der Waals surface area contributed by atoms with E-state index in [0.717, 1.165) is 0 Å². The summed E-state index contributed by atoms with van der Waals surface area (Å²) in [5.41, 5.74) is 0.149. The summed E-state index contributed by atoms with van der Waals surface area (Å²) < 4.78 is 0. The zero-order chi connectivity index (χ0) is 17.3. The van der Waals surface area contributed by atoms with Gasteiger partial charge in [-0.1, -0.05) is 52.5 Å². The van der Waals surface area contributed by atoms with Crippen molar-refractivity contribution >= 4 is 59.0 Å². The Hall–Kier alpha value is -0.835. The second-order valence-electron chi connectivity index (χ2n) is 3.33. The Kier molecular flexibility index (Phi) is 10.4. The van der Waals surface area contributed by atoms with Crippen LogP contribution in [0, 0.1) is 0 Å². The van der Waals surface area contributed by atoms with Crippen molar-refractivity contribution < 1.29 is 25.7 Å². The van der Waals surface area contributed by atoms with Gasteiger partial charge in [0.05, 0.1) is 0 Å². The van der Waals surface area contributed by atoms with Crippen molar-refractivity contribution in [3.8, 4) is 5.75 Å². The van der Waals surface area contributed by atoms with Crippen molar-refractivity contribution in [1.82, 2.24) is 9.97 Å². The van der Waals surface area contributed by atoms with Crippen molar-refractivity contribution in [2.45, 2.75) is 0 Å². The van der Waals surface area contributed by atoms with Crippen LogP contribution in [-0.4, -0.2) is 42.8 Å². The number of pyridine rings is 2. The molecule has 0 unspecified atom stereocenters. The van der Waals surface area contributed by atoms with Gasteiger partial charge in [-0.15, -0.1) is 0 Å². The van der Waals surface area contributed by atoms with Crippen molar-refractivity contribution in [3.63, 3.8) is 0 Å². The van der Waals surface area contributed by atoms with Crippen LogP contribution in [0.2, 0.25) is 20.6 Å². The molecule has 0 aromatic carbocycles. The third-order valence-corrected chi connectivity index (χ3v) is 2.92. The molecule has 22 heavy (non-hydrogen) atoms. The van der Waals surface area contributed by atoms with Crippen molar-refractivity contribution in [2.24, 2.45) is 0 Å². The molecule has 2 aromatic heterocycles. The molecule has 0 spiro atoms. The molecule has 0 bridgehead atoms. The van der Waals surface area contributed by atoms with Gasteiger partial charge < -0.3 is 15.2 Å². The third-order valence-electron chi connectivity index (χ3n) is 1.92. The molecule has 12 heteroatoms. The standard InChI is InChI=1S/C5H4BCl2NO2.C5H3Cl2NO.H2O2/c7-4-2-1-3(6(10)11)5(8)9-4;6-4-2-1-3(9)5(7)8-4;1-2/h1-2,10-11H;1-2,9H;1-2H. The lowest BCUT2D eigenvalue weighted by atomic mass is 9.82. The highest BCUT2D eigenvalue weighted by Gasteiger charge is 2.15. The van der Waals surface area contributed by atoms with Crippen LogP contribution < -0.4 is 5.46 Å². The van der Waals surface area contributed by atoms with E-state index >= 15 is 0 Å². The van der Waals surface area contributed by atoms with E-state index in [4.69, 9.17) is 72.1 Å². The van der Waals surface area contributed by atoms with Gasteiger partial charge in [0.1, 0.15) is 15.5 Å². The zero-order valence-electron chi connectivity index (χ0n) is 10.5. The van der Waals surface area contributed by atoms with Gasteiger partial charge in [-0.25, -0.2) is 9.97 Å². The summed E-state index contributed by atoms with van der Waals surface area (Å²) in [6, 6.07) is 5.69. The van der Waals surface area contributed by atoms with E-state index in [1.807, 2.05) is 0 Å². The number of hydrogen-bond acceptors (Lipinski definition) is 7. The summed E-state index contributed by atoms with van der Waals surface area (Å²) in [6.07, 6.45) is 0. The first kappa shape index (κ1) is 21.2. The molecule has 7 nitrogen and oxygen atoms in total. The van der Waals surface area contributed by atoms with Crippen LogP contribution in [0.5, 0.6) is 5.75 Å². The summed E-state index contributed by atoms with van der Waals surface area (Å²) in [6.45, 7) is 0. The fourth-order valence-corrected chi connectivity index (χ4v) is 1.81. The Bertz CT molecular complexity index is 606. The zero-order valence-corrected chi connectivity index (χ0v) is 13.6. The smallest absolute Gasteiger partial charge is 0.491 e. The molecule has 0 atom stereocenters. The molecule has 2 heterocycles. The molecule has 0 fully saturated rings. The number of rotatable bonds is 1. The van der Waals surface area contributed by atoms with Crippen LogP contribution in [0.25, 0.3) is 0 Å². The van der Waals surface area contributed by atoms with Crippen LogP contribution in [0.1, 0.15) is 0 Å². The average Bonchev–Trinajstić information content (AvgIpc) is 2.45. The van der Waals surface area contributed by atoms with Gasteiger partial charge in [0.2, 0.25) is 0 Å². The monoisotopic (exact) mass is 388 g/mol. The summed E-state index contributed by atoms with van der Waals surface area (Å²) in [7, 11) is -1.60. The molecule has 0 aliphatic rings. The Labute approximate surface area is 145 Å². The maximum atomic E-state index is 8.79. The van der Waals surface area contributed by atoms with Gasteiger partial charge in [0.25, 0.3) is 0 Å². The minimum atomic E-state index is -1.60. The van der Waals surface area contributed by atoms with E-state index in [0.29, 0.717) is 0 Å². The van der Waals surface area contributed by atoms with Crippen molar-refractivity contribution in [2.75, 3.05) is 0 Å². The summed E-state index contributed by atoms with van der Waals surface area (Å²) in [5, 5.41) is 38.7. The number of aromatic nitrogens is 2. The highest BCUT2D eigenvalue weighted by atomic mass is 35.5. The Morgan fingerprint density at radius 3 is 1.59 bits per heavy atom. The molecular formula is C10H9BCl4N2O5. The maximum Gasteiger partial charge on any atom is 0.491 e. The number of nitrogens with zero attached hydrogens (tertiary/aromatic N) is 2. The lowest BCUT2D eigenvalue weighted by molar-refractivity contribution is -0.176. The molecule has 0 aliphatic carbocycles. The fraction of sp³-hybridized carbons (Fsp3) is 0. The van der Waals surface area contributed by atoms with Gasteiger partial charge in [-0.2, -0.15) is 0 Å². The second-order valence-corrected chi connectivity index (χ2v) is 4.82. The van der Waals surface area contributed by atoms with Crippen molar-refractivity contribution in [1.29, 1.82) is 0 Å². The van der Waals surface area contributed by atoms with Gasteiger partial charge in [0, 0.05) is 5.46 Å². The SMILES string of the molecule is OB(O)c1ccc(Cl)nc1Cl.OO.Oc1ccc(Cl)nc1Cl. The normalized spacial score (nSPS) is 9.09. The Balaban J connectivity index is 0.000000366. The quantitative estimate of drug-likeness (QED) is 0.219. The topological polar surface area (TPSA) is 127 Å². The molecule has 2 aromatic rings. The summed E-state index contributed by atoms with van der Waals surface area (Å²) >= 11 is 21.8. The predicted octanol–water partition coefficient (Wildman–Crippen LogP) is 2.18. The van der Waals surface area contributed by atoms with Gasteiger partial charge >= 0.3 is 7.12 Å². The highest BCUT2D eigenvalue weighted by molar-refractivity contribution is 6.62. The third kappa shape index (κ3) is 7.43. The van der Waals surface area contributed by atoms with Crippen LogP contribution in [0.3, 0.4) is 0 Å². The van der Waals surface area contributed by atoms with Gasteiger partial charge in [-0.05, 0) is 18.2 Å². The minimum absolute atomic E-state index is 0.00694. The van der Waals surface area contributed by atoms with Crippen LogP contribution in [0.4, 0.5) is 0 Å². The highest BCUT2D eigenvalue weighted by Crippen LogP contribution is 2.21. The lowest BCUT2D eigenvalue weighted by Crippen LogP contribution is -2.31. The maximum absolute atomic E-state index is 8.79. The number of hydrogen-bond donors (Lipinski definition) is 5. The largest absolute Gasteiger partial charge is 0.505 e. The minimum Gasteiger partial charge on any atom is -0.505 e. The van der Waals surface area contributed by atoms with Crippen LogP contribution in [-0.2, 0) is 0 Å². The number of aromatic hydroxyl groups is 1. The lowest BCUT2D eigenvalue weighted by Gasteiger charge is -2.00. The summed E-state index contributed by atoms with van der Waals surface area (Å²) in [4.78, 5) is 7.16. The second kappa shape index (κ2) is 10.8. The molecule has 0 amide bonds. The Morgan fingerprint density at radius 2 is 1.23 bits per heavy atom. The van der Waals surface area contributed by atoms with E-state index in [9.17, 15) is 0 Å².